The predicted octanol–water partition coefficient (Wildman–Crippen LogP) is 8.96. The molecule has 0 spiro atoms. The van der Waals surface area contributed by atoms with E-state index in [1.165, 1.54) is 17.7 Å². The van der Waals surface area contributed by atoms with Crippen molar-refractivity contribution in [2.24, 2.45) is 5.92 Å². The van der Waals surface area contributed by atoms with Crippen LogP contribution in [0.15, 0.2) is 66.7 Å². The smallest absolute Gasteiger partial charge is 0.356 e. The summed E-state index contributed by atoms with van der Waals surface area (Å²) in [5.74, 6) is 0.545. The second-order valence-electron chi connectivity index (χ2n) is 9.61. The maximum absolute atomic E-state index is 13.0. The molecule has 0 bridgehead atoms. The second kappa shape index (κ2) is 10.5. The fourth-order valence-corrected chi connectivity index (χ4v) is 4.07. The van der Waals surface area contributed by atoms with Crippen LogP contribution in [0.5, 0.6) is 0 Å². The minimum Gasteiger partial charge on any atom is -0.356 e. The number of alkyl halides is 3. The molecule has 0 aliphatic rings. The van der Waals surface area contributed by atoms with Crippen molar-refractivity contribution in [1.29, 1.82) is 0 Å². The number of hydrogen-bond donors (Lipinski definition) is 1. The topological polar surface area (TPSA) is 29.1 Å². The molecule has 0 fully saturated rings. The molecule has 34 heavy (non-hydrogen) atoms. The van der Waals surface area contributed by atoms with Gasteiger partial charge in [0.05, 0.1) is 5.56 Å². The van der Waals surface area contributed by atoms with Gasteiger partial charge in [0.15, 0.2) is 0 Å². The third kappa shape index (κ3) is 6.49. The molecule has 0 saturated carbocycles. The van der Waals surface area contributed by atoms with Crippen LogP contribution >= 0.6 is 0 Å². The Morgan fingerprint density at radius 3 is 1.91 bits per heavy atom. The van der Waals surface area contributed by atoms with E-state index in [0.717, 1.165) is 34.6 Å². The quantitative estimate of drug-likeness (QED) is 0.358. The van der Waals surface area contributed by atoms with Crippen molar-refractivity contribution >= 4 is 17.2 Å². The van der Waals surface area contributed by atoms with E-state index in [0.29, 0.717) is 23.8 Å². The van der Waals surface area contributed by atoms with Crippen molar-refractivity contribution in [1.82, 2.24) is 0 Å². The van der Waals surface area contributed by atoms with Crippen molar-refractivity contribution in [2.45, 2.75) is 59.1 Å². The lowest BCUT2D eigenvalue weighted by Crippen LogP contribution is -2.12. The molecule has 0 aromatic heterocycles. The van der Waals surface area contributed by atoms with Gasteiger partial charge in [-0.05, 0) is 83.8 Å². The maximum Gasteiger partial charge on any atom is 0.416 e. The van der Waals surface area contributed by atoms with Crippen LogP contribution in [0, 0.1) is 5.92 Å². The number of rotatable bonds is 8. The highest BCUT2D eigenvalue weighted by atomic mass is 19.4. The lowest BCUT2D eigenvalue weighted by Gasteiger charge is -2.20. The fourth-order valence-electron chi connectivity index (χ4n) is 4.07. The highest BCUT2D eigenvalue weighted by molar-refractivity contribution is 5.85. The number of carbonyl (C=O) groups is 1. The van der Waals surface area contributed by atoms with Crippen LogP contribution in [0.2, 0.25) is 0 Å². The Labute approximate surface area is 200 Å². The summed E-state index contributed by atoms with van der Waals surface area (Å²) >= 11 is 0. The van der Waals surface area contributed by atoms with Crippen molar-refractivity contribution in [2.75, 3.05) is 5.32 Å². The van der Waals surface area contributed by atoms with Crippen LogP contribution in [-0.4, -0.2) is 5.78 Å². The lowest BCUT2D eigenvalue weighted by atomic mass is 9.85. The summed E-state index contributed by atoms with van der Waals surface area (Å²) in [6.45, 7) is 10.0. The molecule has 0 amide bonds. The Hall–Kier alpha value is -3.08. The predicted molar refractivity (Wildman–Crippen MR) is 134 cm³/mol. The van der Waals surface area contributed by atoms with E-state index in [1.54, 1.807) is 6.92 Å². The molecule has 0 aliphatic carbocycles. The van der Waals surface area contributed by atoms with Gasteiger partial charge in [-0.1, -0.05) is 58.0 Å². The van der Waals surface area contributed by atoms with Gasteiger partial charge in [-0.15, -0.1) is 0 Å². The summed E-state index contributed by atoms with van der Waals surface area (Å²) in [4.78, 5) is 12.5. The molecule has 180 valence electrons. The van der Waals surface area contributed by atoms with Gasteiger partial charge in [0.25, 0.3) is 0 Å². The fraction of sp³-hybridized carbons (Fsp3) is 0.345. The number of carbonyl (C=O) groups excluding carboxylic acids is 1. The highest BCUT2D eigenvalue weighted by Crippen LogP contribution is 2.35. The van der Waals surface area contributed by atoms with Gasteiger partial charge in [-0.3, -0.25) is 4.79 Å². The Balaban J connectivity index is 2.04. The summed E-state index contributed by atoms with van der Waals surface area (Å²) in [6.07, 6.45) is -3.68. The Kier molecular flexibility index (Phi) is 7.86. The van der Waals surface area contributed by atoms with Crippen LogP contribution in [0.25, 0.3) is 11.1 Å². The molecular formula is C29H32F3NO. The summed E-state index contributed by atoms with van der Waals surface area (Å²) in [5.41, 5.74) is 4.54. The first kappa shape index (κ1) is 25.5. The molecule has 1 N–H and O–H groups in total. The highest BCUT2D eigenvalue weighted by Gasteiger charge is 2.30. The number of anilines is 2. The molecule has 2 nitrogen and oxygen atoms in total. The molecule has 0 saturated heterocycles. The summed E-state index contributed by atoms with van der Waals surface area (Å²) < 4.78 is 39.1. The van der Waals surface area contributed by atoms with E-state index in [2.05, 4.69) is 45.1 Å². The Bertz CT molecular complexity index is 1110. The van der Waals surface area contributed by atoms with Crippen LogP contribution in [0.3, 0.4) is 0 Å². The van der Waals surface area contributed by atoms with Gasteiger partial charge >= 0.3 is 6.18 Å². The first-order valence-electron chi connectivity index (χ1n) is 11.6. The number of benzene rings is 3. The number of ketones is 1. The number of Topliss-reactive ketones (excluding diaryl/α,β-unsaturated/α-hetero) is 1. The first-order valence-corrected chi connectivity index (χ1v) is 11.6. The minimum atomic E-state index is -4.38. The van der Waals surface area contributed by atoms with E-state index in [-0.39, 0.29) is 11.7 Å². The van der Waals surface area contributed by atoms with Crippen molar-refractivity contribution in [3.05, 3.63) is 83.4 Å². The number of halogens is 3. The normalized spacial score (nSPS) is 12.8. The number of nitrogens with one attached hydrogen (secondary N) is 1. The largest absolute Gasteiger partial charge is 0.416 e. The molecule has 5 heteroatoms. The Morgan fingerprint density at radius 2 is 1.41 bits per heavy atom. The van der Waals surface area contributed by atoms with Crippen LogP contribution < -0.4 is 5.32 Å². The molecule has 3 rings (SSSR count). The summed E-state index contributed by atoms with van der Waals surface area (Å²) in [7, 11) is 0. The van der Waals surface area contributed by atoms with Gasteiger partial charge in [-0.2, -0.15) is 13.2 Å². The molecule has 3 aromatic carbocycles. The van der Waals surface area contributed by atoms with E-state index < -0.39 is 11.7 Å². The van der Waals surface area contributed by atoms with E-state index in [9.17, 15) is 18.0 Å². The second-order valence-corrected chi connectivity index (χ2v) is 9.61. The van der Waals surface area contributed by atoms with Crippen molar-refractivity contribution in [3.63, 3.8) is 0 Å². The van der Waals surface area contributed by atoms with Crippen LogP contribution in [0.1, 0.15) is 69.6 Å². The van der Waals surface area contributed by atoms with E-state index in [1.807, 2.05) is 30.3 Å². The van der Waals surface area contributed by atoms with Gasteiger partial charge in [0, 0.05) is 17.3 Å². The third-order valence-electron chi connectivity index (χ3n) is 5.97. The zero-order chi connectivity index (χ0) is 25.0. The Morgan fingerprint density at radius 1 is 0.794 bits per heavy atom. The van der Waals surface area contributed by atoms with Crippen molar-refractivity contribution in [3.8, 4) is 11.1 Å². The van der Waals surface area contributed by atoms with Crippen LogP contribution in [-0.2, 0) is 11.0 Å². The molecule has 3 aromatic rings. The van der Waals surface area contributed by atoms with E-state index in [4.69, 9.17) is 0 Å². The van der Waals surface area contributed by atoms with E-state index >= 15 is 0 Å². The summed E-state index contributed by atoms with van der Waals surface area (Å²) in [5, 5.41) is 3.41. The van der Waals surface area contributed by atoms with Gasteiger partial charge in [0.2, 0.25) is 0 Å². The standard InChI is InChI=1S/C29H32F3NO/c1-18(2)14-28(20(5)34)24-15-23(22-6-10-25(11-7-22)29(30,31)32)16-27(17-24)33-26-12-8-21(9-13-26)19(3)4/h6-13,15-19,28,33H,14H2,1-5H3. The van der Waals surface area contributed by atoms with Gasteiger partial charge in [0.1, 0.15) is 5.78 Å². The SMILES string of the molecule is CC(=O)C(CC(C)C)c1cc(Nc2ccc(C(C)C)cc2)cc(-c2ccc(C(F)(F)F)cc2)c1. The molecule has 0 aliphatic heterocycles. The molecule has 1 atom stereocenters. The molecule has 1 unspecified atom stereocenters. The average Bonchev–Trinajstić information content (AvgIpc) is 2.77. The van der Waals surface area contributed by atoms with Gasteiger partial charge in [-0.25, -0.2) is 0 Å². The molecular weight excluding hydrogens is 435 g/mol. The zero-order valence-corrected chi connectivity index (χ0v) is 20.3. The lowest BCUT2D eigenvalue weighted by molar-refractivity contribution is -0.137. The average molecular weight is 468 g/mol. The number of hydrogen-bond acceptors (Lipinski definition) is 2. The van der Waals surface area contributed by atoms with Crippen LogP contribution in [0.4, 0.5) is 24.5 Å². The third-order valence-corrected chi connectivity index (χ3v) is 5.97. The van der Waals surface area contributed by atoms with Gasteiger partial charge < -0.3 is 5.32 Å². The summed E-state index contributed by atoms with van der Waals surface area (Å²) in [6, 6.07) is 19.1. The molecule has 0 radical (unpaired) electrons. The molecule has 0 heterocycles. The monoisotopic (exact) mass is 467 g/mol. The minimum absolute atomic E-state index is 0.0745. The zero-order valence-electron chi connectivity index (χ0n) is 20.3. The maximum atomic E-state index is 13.0. The van der Waals surface area contributed by atoms with Crippen molar-refractivity contribution < 1.29 is 18.0 Å². The first-order chi connectivity index (χ1) is 15.9.